The van der Waals surface area contributed by atoms with Crippen molar-refractivity contribution in [3.63, 3.8) is 0 Å². The van der Waals surface area contributed by atoms with Crippen molar-refractivity contribution in [3.05, 3.63) is 53.5 Å². The molecule has 2 aromatic rings. The largest absolute Gasteiger partial charge is 0.493 e. The van der Waals surface area contributed by atoms with Gasteiger partial charge in [0.25, 0.3) is 0 Å². The van der Waals surface area contributed by atoms with Crippen molar-refractivity contribution in [2.24, 2.45) is 0 Å². The number of ketones is 1. The monoisotopic (exact) mass is 242 g/mol. The molecular formula is C15H14O3. The van der Waals surface area contributed by atoms with E-state index in [0.29, 0.717) is 6.61 Å². The number of ether oxygens (including phenoxy) is 1. The Morgan fingerprint density at radius 1 is 1.28 bits per heavy atom. The number of fused-ring (bicyclic) bond motifs is 1. The topological polar surface area (TPSA) is 39.4 Å². The molecule has 0 fully saturated rings. The molecule has 0 spiro atoms. The Balaban J connectivity index is 1.98. The summed E-state index contributed by atoms with van der Waals surface area (Å²) in [4.78, 5) is 11.6. The average Bonchev–Trinajstić information content (AvgIpc) is 2.91. The number of Topliss-reactive ketones (excluding diaryl/α,β-unsaturated/α-hetero) is 1. The minimum Gasteiger partial charge on any atom is -0.493 e. The quantitative estimate of drug-likeness (QED) is 0.759. The molecule has 0 N–H and O–H groups in total. The van der Waals surface area contributed by atoms with Crippen LogP contribution in [0, 0.1) is 0 Å². The van der Waals surface area contributed by atoms with Crippen molar-refractivity contribution < 1.29 is 13.9 Å². The maximum Gasteiger partial charge on any atom is 0.160 e. The Morgan fingerprint density at radius 3 is 2.89 bits per heavy atom. The SMILES string of the molecule is CC(=O)c1cccc2c1CC(c1ccco1)CO2. The Bertz CT molecular complexity index is 569. The summed E-state index contributed by atoms with van der Waals surface area (Å²) >= 11 is 0. The number of carbonyl (C=O) groups is 1. The number of carbonyl (C=O) groups excluding carboxylic acids is 1. The molecule has 1 aliphatic heterocycles. The minimum absolute atomic E-state index is 0.0792. The van der Waals surface area contributed by atoms with Gasteiger partial charge in [-0.15, -0.1) is 0 Å². The van der Waals surface area contributed by atoms with Crippen molar-refractivity contribution in [1.29, 1.82) is 0 Å². The Labute approximate surface area is 105 Å². The molecule has 1 aliphatic rings. The molecule has 0 aliphatic carbocycles. The van der Waals surface area contributed by atoms with Gasteiger partial charge in [-0.05, 0) is 31.5 Å². The van der Waals surface area contributed by atoms with Crippen LogP contribution >= 0.6 is 0 Å². The molecule has 3 heteroatoms. The van der Waals surface area contributed by atoms with Crippen LogP contribution in [0.15, 0.2) is 41.0 Å². The van der Waals surface area contributed by atoms with Gasteiger partial charge in [-0.25, -0.2) is 0 Å². The molecule has 0 bridgehead atoms. The van der Waals surface area contributed by atoms with Crippen molar-refractivity contribution >= 4 is 5.78 Å². The van der Waals surface area contributed by atoms with Crippen LogP contribution in [-0.4, -0.2) is 12.4 Å². The van der Waals surface area contributed by atoms with Crippen LogP contribution in [0.1, 0.15) is 34.5 Å². The third-order valence-corrected chi connectivity index (χ3v) is 3.35. The fourth-order valence-corrected chi connectivity index (χ4v) is 2.44. The van der Waals surface area contributed by atoms with E-state index in [1.807, 2.05) is 30.3 Å². The normalized spacial score (nSPS) is 17.9. The van der Waals surface area contributed by atoms with Gasteiger partial charge in [0.15, 0.2) is 5.78 Å². The number of furan rings is 1. The van der Waals surface area contributed by atoms with Crippen molar-refractivity contribution in [3.8, 4) is 5.75 Å². The van der Waals surface area contributed by atoms with E-state index in [9.17, 15) is 4.79 Å². The van der Waals surface area contributed by atoms with Gasteiger partial charge in [-0.2, -0.15) is 0 Å². The second-order valence-electron chi connectivity index (χ2n) is 4.57. The molecule has 1 aromatic carbocycles. The lowest BCUT2D eigenvalue weighted by Crippen LogP contribution is -2.20. The van der Waals surface area contributed by atoms with E-state index in [1.54, 1.807) is 13.2 Å². The first-order chi connectivity index (χ1) is 8.75. The zero-order chi connectivity index (χ0) is 12.5. The summed E-state index contributed by atoms with van der Waals surface area (Å²) in [5.74, 6) is 2.01. The van der Waals surface area contributed by atoms with Crippen LogP contribution in [0.5, 0.6) is 5.75 Å². The highest BCUT2D eigenvalue weighted by Gasteiger charge is 2.26. The summed E-state index contributed by atoms with van der Waals surface area (Å²) in [7, 11) is 0. The van der Waals surface area contributed by atoms with Crippen LogP contribution < -0.4 is 4.74 Å². The van der Waals surface area contributed by atoms with Crippen LogP contribution in [0.2, 0.25) is 0 Å². The van der Waals surface area contributed by atoms with Crippen molar-refractivity contribution in [1.82, 2.24) is 0 Å². The van der Waals surface area contributed by atoms with Crippen LogP contribution in [0.25, 0.3) is 0 Å². The highest BCUT2D eigenvalue weighted by molar-refractivity contribution is 5.96. The molecule has 0 saturated carbocycles. The molecule has 1 unspecified atom stereocenters. The lowest BCUT2D eigenvalue weighted by molar-refractivity contribution is 0.101. The summed E-state index contributed by atoms with van der Waals surface area (Å²) < 4.78 is 11.2. The van der Waals surface area contributed by atoms with Crippen LogP contribution in [-0.2, 0) is 6.42 Å². The van der Waals surface area contributed by atoms with E-state index < -0.39 is 0 Å². The van der Waals surface area contributed by atoms with E-state index in [2.05, 4.69) is 0 Å². The predicted molar refractivity (Wildman–Crippen MR) is 67.1 cm³/mol. The van der Waals surface area contributed by atoms with Gasteiger partial charge >= 0.3 is 0 Å². The number of benzene rings is 1. The molecule has 3 nitrogen and oxygen atoms in total. The standard InChI is InChI=1S/C15H14O3/c1-10(16)12-4-2-5-15-13(12)8-11(9-18-15)14-6-3-7-17-14/h2-7,11H,8-9H2,1H3. The number of hydrogen-bond acceptors (Lipinski definition) is 3. The molecule has 0 saturated heterocycles. The zero-order valence-electron chi connectivity index (χ0n) is 10.2. The maximum absolute atomic E-state index is 11.6. The second-order valence-corrected chi connectivity index (χ2v) is 4.57. The molecule has 3 rings (SSSR count). The van der Waals surface area contributed by atoms with Crippen LogP contribution in [0.4, 0.5) is 0 Å². The van der Waals surface area contributed by atoms with E-state index >= 15 is 0 Å². The van der Waals surface area contributed by atoms with Crippen LogP contribution in [0.3, 0.4) is 0 Å². The summed E-state index contributed by atoms with van der Waals surface area (Å²) in [5.41, 5.74) is 1.75. The van der Waals surface area contributed by atoms with Crippen molar-refractivity contribution in [2.45, 2.75) is 19.3 Å². The Morgan fingerprint density at radius 2 is 2.17 bits per heavy atom. The summed E-state index contributed by atoms with van der Waals surface area (Å²) in [5, 5.41) is 0. The molecule has 0 radical (unpaired) electrons. The molecule has 18 heavy (non-hydrogen) atoms. The molecule has 0 amide bonds. The van der Waals surface area contributed by atoms with Gasteiger partial charge in [0.2, 0.25) is 0 Å². The van der Waals surface area contributed by atoms with Crippen molar-refractivity contribution in [2.75, 3.05) is 6.61 Å². The van der Waals surface area contributed by atoms with Gasteiger partial charge in [-0.1, -0.05) is 12.1 Å². The molecule has 1 aromatic heterocycles. The Kier molecular flexibility index (Phi) is 2.67. The number of hydrogen-bond donors (Lipinski definition) is 0. The van der Waals surface area contributed by atoms with E-state index in [1.165, 1.54) is 0 Å². The average molecular weight is 242 g/mol. The lowest BCUT2D eigenvalue weighted by Gasteiger charge is -2.25. The molecule has 1 atom stereocenters. The van der Waals surface area contributed by atoms with E-state index in [0.717, 1.165) is 29.1 Å². The first-order valence-corrected chi connectivity index (χ1v) is 6.04. The highest BCUT2D eigenvalue weighted by Crippen LogP contribution is 2.34. The van der Waals surface area contributed by atoms with E-state index in [4.69, 9.17) is 9.15 Å². The third kappa shape index (κ3) is 1.82. The number of rotatable bonds is 2. The molecule has 92 valence electrons. The second kappa shape index (κ2) is 4.33. The first kappa shape index (κ1) is 11.1. The first-order valence-electron chi connectivity index (χ1n) is 6.04. The predicted octanol–water partition coefficient (Wildman–Crippen LogP) is 3.20. The Hall–Kier alpha value is -2.03. The zero-order valence-corrected chi connectivity index (χ0v) is 10.2. The van der Waals surface area contributed by atoms with Gasteiger partial charge in [-0.3, -0.25) is 4.79 Å². The summed E-state index contributed by atoms with van der Waals surface area (Å²) in [6, 6.07) is 9.47. The van der Waals surface area contributed by atoms with Gasteiger partial charge < -0.3 is 9.15 Å². The lowest BCUT2D eigenvalue weighted by atomic mass is 9.90. The van der Waals surface area contributed by atoms with Gasteiger partial charge in [0, 0.05) is 11.1 Å². The highest BCUT2D eigenvalue weighted by atomic mass is 16.5. The van der Waals surface area contributed by atoms with Gasteiger partial charge in [0.1, 0.15) is 11.5 Å². The fourth-order valence-electron chi connectivity index (χ4n) is 2.44. The molecular weight excluding hydrogens is 228 g/mol. The fraction of sp³-hybridized carbons (Fsp3) is 0.267. The maximum atomic E-state index is 11.6. The third-order valence-electron chi connectivity index (χ3n) is 3.35. The van der Waals surface area contributed by atoms with E-state index in [-0.39, 0.29) is 11.7 Å². The van der Waals surface area contributed by atoms with Gasteiger partial charge in [0.05, 0.1) is 18.8 Å². The smallest absolute Gasteiger partial charge is 0.160 e. The summed E-state index contributed by atoms with van der Waals surface area (Å²) in [6.45, 7) is 2.19. The minimum atomic E-state index is 0.0792. The molecule has 2 heterocycles. The summed E-state index contributed by atoms with van der Waals surface area (Å²) in [6.07, 6.45) is 2.46.